The molecule has 0 fully saturated rings. The molecule has 0 heterocycles. The molecule has 105 heavy (non-hydrogen) atoms. The number of hydrogen-bond acceptors (Lipinski definition) is 0. The monoisotopic (exact) mass is 1470 g/mol. The fourth-order valence-corrected chi connectivity index (χ4v) is 30.4. The minimum atomic E-state index is -0.937. The minimum Gasteiger partial charge on any atom is -0.117 e. The van der Waals surface area contributed by atoms with Crippen LogP contribution in [0, 0.1) is 11.8 Å². The van der Waals surface area contributed by atoms with Gasteiger partial charge in [-0.2, -0.15) is 0 Å². The van der Waals surface area contributed by atoms with Crippen LogP contribution in [0.15, 0.2) is 267 Å². The first kappa shape index (κ1) is 85.7. The van der Waals surface area contributed by atoms with Crippen molar-refractivity contribution in [2.45, 2.75) is 213 Å². The molecule has 5 radical (unpaired) electrons. The van der Waals surface area contributed by atoms with E-state index < -0.39 is 56.6 Å². The quantitative estimate of drug-likeness (QED) is 0.0300. The number of rotatable bonds is 31. The Hall–Kier alpha value is -4.87. The molecule has 4 aliphatic rings. The molecule has 13 rings (SSSR count). The van der Waals surface area contributed by atoms with Crippen molar-refractivity contribution in [1.82, 2.24) is 0 Å². The molecule has 4 atom stereocenters. The summed E-state index contributed by atoms with van der Waals surface area (Å²) in [6.07, 6.45) is 29.7. The first-order valence-corrected chi connectivity index (χ1v) is 51.8. The highest BCUT2D eigenvalue weighted by molar-refractivity contribution is 6.64. The third-order valence-electron chi connectivity index (χ3n) is 22.4. The lowest BCUT2D eigenvalue weighted by Gasteiger charge is -2.24. The Bertz CT molecular complexity index is 4010. The van der Waals surface area contributed by atoms with Crippen molar-refractivity contribution >= 4 is 119 Å². The molecule has 0 aliphatic heterocycles. The van der Waals surface area contributed by atoms with Gasteiger partial charge in [0.1, 0.15) is 16.3 Å². The Morgan fingerprint density at radius 1 is 0.343 bits per heavy atom. The molecule has 0 nitrogen and oxygen atoms in total. The van der Waals surface area contributed by atoms with Gasteiger partial charge in [0, 0.05) is 17.4 Å². The van der Waals surface area contributed by atoms with Crippen molar-refractivity contribution < 1.29 is 0 Å². The first-order chi connectivity index (χ1) is 51.0. The minimum absolute atomic E-state index is 0. The molecule has 4 unspecified atom stereocenters. The maximum atomic E-state index is 2.75. The fraction of sp³-hybridized carbons (Fsp3) is 0.374. The van der Waals surface area contributed by atoms with Crippen LogP contribution in [0.2, 0.25) is 48.6 Å². The molecule has 9 aromatic rings. The summed E-state index contributed by atoms with van der Waals surface area (Å²) >= 11 is -0.483. The van der Waals surface area contributed by atoms with E-state index in [1.54, 1.807) is 22.3 Å². The van der Waals surface area contributed by atoms with E-state index in [9.17, 15) is 0 Å². The Labute approximate surface area is 676 Å². The second kappa shape index (κ2) is 47.3. The second-order valence-corrected chi connectivity index (χ2v) is 45.5. The summed E-state index contributed by atoms with van der Waals surface area (Å²) in [5.41, 5.74) is 25.2. The van der Waals surface area contributed by atoms with E-state index >= 15 is 0 Å². The number of benzene rings is 9. The van der Waals surface area contributed by atoms with Gasteiger partial charge >= 0.3 is 0 Å². The number of allylic oxidation sites excluding steroid dienone is 4. The van der Waals surface area contributed by atoms with Crippen molar-refractivity contribution in [2.75, 3.05) is 0 Å². The zero-order valence-corrected chi connectivity index (χ0v) is 73.2. The van der Waals surface area contributed by atoms with Crippen molar-refractivity contribution in [3.8, 4) is 0 Å². The summed E-state index contributed by atoms with van der Waals surface area (Å²) in [6, 6.07) is 90.7. The third-order valence-corrected chi connectivity index (χ3v) is 37.1. The van der Waals surface area contributed by atoms with E-state index in [1.165, 1.54) is 199 Å². The average molecular weight is 1470 g/mol. The van der Waals surface area contributed by atoms with Crippen LogP contribution in [-0.2, 0) is 6.42 Å². The molecule has 0 aromatic heterocycles. The van der Waals surface area contributed by atoms with E-state index in [0.29, 0.717) is 14.3 Å². The van der Waals surface area contributed by atoms with Crippen LogP contribution in [0.4, 0.5) is 0 Å². The third kappa shape index (κ3) is 25.6. The topological polar surface area (TPSA) is 0 Å². The van der Waals surface area contributed by atoms with Gasteiger partial charge in [-0.15, -0.1) is 16.9 Å². The van der Waals surface area contributed by atoms with Gasteiger partial charge in [0.25, 0.3) is 56.6 Å². The lowest BCUT2D eigenvalue weighted by atomic mass is 9.99. The van der Waals surface area contributed by atoms with Crippen molar-refractivity contribution in [1.29, 1.82) is 0 Å². The Morgan fingerprint density at radius 2 is 0.686 bits per heavy atom. The zero-order valence-electron chi connectivity index (χ0n) is 66.3. The van der Waals surface area contributed by atoms with Crippen LogP contribution >= 0.6 is 0 Å². The van der Waals surface area contributed by atoms with Crippen molar-refractivity contribution in [3.63, 3.8) is 0 Å². The number of fused-ring (bicyclic) bond motifs is 4. The molecule has 4 aliphatic carbocycles. The van der Waals surface area contributed by atoms with Crippen LogP contribution in [0.5, 0.6) is 0 Å². The highest BCUT2D eigenvalue weighted by Crippen LogP contribution is 2.48. The molecule has 0 spiro atoms. The SMILES string of the molecule is CC(C)[CH2][Al]([CH2]C(C)C)[CH]1C=C(c2ccccc2)c2ccccc21.CCCCCCC[CH2][Al]([CH2]CCCCCCC)[CH]1C(c2ccccc2)=Cc2ccccc21.C[CH2][Al]([CH2]C)[CH]1C=C(c2ccccc2)c2ccccc21.[Al].[Al][CH2]CCc1ccccc1.[CH3][Al]([CH3])[CH]1C=C(c2ccccc2)c2ccccc21. The van der Waals surface area contributed by atoms with Gasteiger partial charge < -0.3 is 0 Å². The van der Waals surface area contributed by atoms with Crippen LogP contribution < -0.4 is 0 Å². The van der Waals surface area contributed by atoms with Gasteiger partial charge in [0.2, 0.25) is 0 Å². The molecule has 537 valence electrons. The molecule has 0 saturated heterocycles. The molecule has 0 amide bonds. The van der Waals surface area contributed by atoms with Crippen molar-refractivity contribution in [2.24, 2.45) is 11.8 Å². The predicted octanol–water partition coefficient (Wildman–Crippen LogP) is 28.3. The molecule has 0 saturated carbocycles. The summed E-state index contributed by atoms with van der Waals surface area (Å²) in [6.45, 7) is 18.9. The Morgan fingerprint density at radius 3 is 1.09 bits per heavy atom. The fourth-order valence-electron chi connectivity index (χ4n) is 17.1. The van der Waals surface area contributed by atoms with Crippen LogP contribution in [0.3, 0.4) is 0 Å². The van der Waals surface area contributed by atoms with E-state index in [0.717, 1.165) is 16.6 Å². The van der Waals surface area contributed by atoms with E-state index in [-0.39, 0.29) is 17.4 Å². The van der Waals surface area contributed by atoms with E-state index in [4.69, 9.17) is 0 Å². The molecule has 9 aromatic carbocycles. The number of unbranched alkanes of at least 4 members (excludes halogenated alkanes) is 10. The summed E-state index contributed by atoms with van der Waals surface area (Å²) in [5, 5.41) is 9.89. The Balaban J connectivity index is 0.000000172. The predicted molar refractivity (Wildman–Crippen MR) is 474 cm³/mol. The van der Waals surface area contributed by atoms with Crippen LogP contribution in [0.1, 0.15) is 230 Å². The molecule has 0 N–H and O–H groups in total. The molecule has 0 bridgehead atoms. The maximum absolute atomic E-state index is 2.75. The van der Waals surface area contributed by atoms with Gasteiger partial charge in [0.05, 0.1) is 0 Å². The molecular weight excluding hydrogens is 1350 g/mol. The summed E-state index contributed by atoms with van der Waals surface area (Å²) in [4.78, 5) is 0. The van der Waals surface area contributed by atoms with E-state index in [2.05, 4.69) is 356 Å². The van der Waals surface area contributed by atoms with Gasteiger partial charge in [-0.1, -0.05) is 455 Å². The normalized spacial score (nSPS) is 15.4. The summed E-state index contributed by atoms with van der Waals surface area (Å²) in [5.74, 6) is 6.49. The van der Waals surface area contributed by atoms with E-state index in [1.807, 2.05) is 0 Å². The zero-order chi connectivity index (χ0) is 73.3. The second-order valence-electron chi connectivity index (χ2n) is 31.3. The summed E-state index contributed by atoms with van der Waals surface area (Å²) < 4.78 is 2.81. The van der Waals surface area contributed by atoms with Gasteiger partial charge in [0.15, 0.2) is 0 Å². The van der Waals surface area contributed by atoms with Gasteiger partial charge in [-0.3, -0.25) is 0 Å². The van der Waals surface area contributed by atoms with Crippen molar-refractivity contribution in [3.05, 3.63) is 339 Å². The average Bonchev–Trinajstić information content (AvgIpc) is 1.66. The van der Waals surface area contributed by atoms with Gasteiger partial charge in [-0.25, -0.2) is 0 Å². The largest absolute Gasteiger partial charge is 0.278 e. The van der Waals surface area contributed by atoms with Crippen LogP contribution in [-0.4, -0.2) is 90.2 Å². The van der Waals surface area contributed by atoms with Crippen LogP contribution in [0.25, 0.3) is 28.4 Å². The number of aryl methyl sites for hydroxylation is 1. The summed E-state index contributed by atoms with van der Waals surface area (Å²) in [7, 11) is 0. The highest BCUT2D eigenvalue weighted by atomic mass is 27.2. The molecular formula is C99H123Al6. The highest BCUT2D eigenvalue weighted by Gasteiger charge is 2.38. The maximum Gasteiger partial charge on any atom is 0.278 e. The lowest BCUT2D eigenvalue weighted by molar-refractivity contribution is 0.616. The molecule has 6 heteroatoms. The standard InChI is InChI=1S/4C15H11.C9H11.2C8H17.2C4H9.2C2H5.2CH3.6Al/c1-2-6-12(7-3-1)15-10-13-8-4-5-9-14(13)11-15;3*1-2-6-12(7-3-1)15-11-10-13-8-4-5-9-14(13)15;1-2-6-9-7-4-3-5-8-9;2*1-3-5-7-8-6-4-2;2*1-4(2)3;2*1-2;;;;;;;;/h4*1-11H;3-5,7-8H,1-2,6H2;2*1,3-8H2,2H3;2*4H,1H2,2-3H3;2*1H2,2H3;2*1H3;;;;;;. The van der Waals surface area contributed by atoms with Gasteiger partial charge in [-0.05, 0) is 120 Å². The lowest BCUT2D eigenvalue weighted by Crippen LogP contribution is -2.25. The smallest absolute Gasteiger partial charge is 0.117 e. The number of hydrogen-bond donors (Lipinski definition) is 0. The Kier molecular flexibility index (Phi) is 38.6. The first-order valence-electron chi connectivity index (χ1n) is 41.2.